The molecule has 0 saturated heterocycles. The minimum absolute atomic E-state index is 0.128. The van der Waals surface area contributed by atoms with Crippen LogP contribution in [0.4, 0.5) is 4.39 Å². The van der Waals surface area contributed by atoms with Crippen molar-refractivity contribution in [2.75, 3.05) is 19.8 Å². The molecule has 0 atom stereocenters. The lowest BCUT2D eigenvalue weighted by Gasteiger charge is -2.14. The molecule has 1 aromatic heterocycles. The second kappa shape index (κ2) is 6.43. The van der Waals surface area contributed by atoms with Crippen LogP contribution in [0.1, 0.15) is 24.7 Å². The van der Waals surface area contributed by atoms with Crippen molar-refractivity contribution >= 4 is 11.5 Å². The van der Waals surface area contributed by atoms with E-state index in [0.717, 1.165) is 12.0 Å². The van der Waals surface area contributed by atoms with Gasteiger partial charge in [0.2, 0.25) is 0 Å². The van der Waals surface area contributed by atoms with Crippen LogP contribution < -0.4 is 0 Å². The van der Waals surface area contributed by atoms with Crippen molar-refractivity contribution in [2.24, 2.45) is 0 Å². The molecule has 1 aliphatic rings. The van der Waals surface area contributed by atoms with Crippen LogP contribution in [0.15, 0.2) is 18.2 Å². The summed E-state index contributed by atoms with van der Waals surface area (Å²) in [6.45, 7) is 3.17. The molecule has 0 bridgehead atoms. The maximum Gasteiger partial charge on any atom is 0.311 e. The van der Waals surface area contributed by atoms with Crippen molar-refractivity contribution in [1.29, 1.82) is 0 Å². The largest absolute Gasteiger partial charge is 0.466 e. The number of hydrogen-bond donors (Lipinski definition) is 0. The van der Waals surface area contributed by atoms with Crippen LogP contribution in [0, 0.1) is 5.82 Å². The first-order valence-electron chi connectivity index (χ1n) is 6.29. The number of aromatic nitrogens is 1. The zero-order valence-corrected chi connectivity index (χ0v) is 10.8. The molecule has 102 valence electrons. The highest BCUT2D eigenvalue weighted by Crippen LogP contribution is 2.20. The maximum absolute atomic E-state index is 13.6. The summed E-state index contributed by atoms with van der Waals surface area (Å²) in [5.74, 6) is -0.948. The SMILES string of the molecule is CCOC(=O)Cc1nc(C2=CCOCC2)ccc1F. The summed E-state index contributed by atoms with van der Waals surface area (Å²) >= 11 is 0. The third-order valence-corrected chi connectivity index (χ3v) is 2.83. The standard InChI is InChI=1S/C14H16FNO3/c1-2-19-14(17)9-13-11(15)3-4-12(16-13)10-5-7-18-8-6-10/h3-5H,2,6-9H2,1H3. The lowest BCUT2D eigenvalue weighted by atomic mass is 10.1. The molecule has 0 unspecified atom stereocenters. The van der Waals surface area contributed by atoms with E-state index in [4.69, 9.17) is 9.47 Å². The van der Waals surface area contributed by atoms with Crippen LogP contribution in [0.25, 0.3) is 5.57 Å². The molecule has 5 heteroatoms. The molecule has 2 heterocycles. The molecular weight excluding hydrogens is 249 g/mol. The fraction of sp³-hybridized carbons (Fsp3) is 0.429. The number of carbonyl (C=O) groups is 1. The molecule has 0 spiro atoms. The van der Waals surface area contributed by atoms with Crippen LogP contribution in [-0.4, -0.2) is 30.8 Å². The first-order chi connectivity index (χ1) is 9.20. The van der Waals surface area contributed by atoms with E-state index in [2.05, 4.69) is 4.98 Å². The lowest BCUT2D eigenvalue weighted by molar-refractivity contribution is -0.142. The van der Waals surface area contributed by atoms with E-state index in [9.17, 15) is 9.18 Å². The Kier molecular flexibility index (Phi) is 4.63. The van der Waals surface area contributed by atoms with E-state index in [1.807, 2.05) is 6.08 Å². The van der Waals surface area contributed by atoms with Gasteiger partial charge in [0, 0.05) is 0 Å². The molecular formula is C14H16FNO3. The van der Waals surface area contributed by atoms with E-state index in [-0.39, 0.29) is 18.7 Å². The molecule has 0 radical (unpaired) electrons. The summed E-state index contributed by atoms with van der Waals surface area (Å²) in [7, 11) is 0. The number of rotatable bonds is 4. The molecule has 1 aromatic rings. The molecule has 4 nitrogen and oxygen atoms in total. The van der Waals surface area contributed by atoms with Gasteiger partial charge in [-0.2, -0.15) is 0 Å². The molecule has 0 N–H and O–H groups in total. The van der Waals surface area contributed by atoms with Crippen LogP contribution in [0.5, 0.6) is 0 Å². The summed E-state index contributed by atoms with van der Waals surface area (Å²) in [5, 5.41) is 0. The predicted octanol–water partition coefficient (Wildman–Crippen LogP) is 2.13. The molecule has 1 aliphatic heterocycles. The van der Waals surface area contributed by atoms with Crippen molar-refractivity contribution in [3.63, 3.8) is 0 Å². The van der Waals surface area contributed by atoms with Crippen LogP contribution in [0.3, 0.4) is 0 Å². The monoisotopic (exact) mass is 265 g/mol. The molecule has 0 fully saturated rings. The smallest absolute Gasteiger partial charge is 0.311 e. The molecule has 2 rings (SSSR count). The van der Waals surface area contributed by atoms with Gasteiger partial charge in [-0.15, -0.1) is 0 Å². The fourth-order valence-corrected chi connectivity index (χ4v) is 1.90. The Balaban J connectivity index is 2.19. The number of esters is 1. The van der Waals surface area contributed by atoms with E-state index in [1.54, 1.807) is 13.0 Å². The zero-order chi connectivity index (χ0) is 13.7. The normalized spacial score (nSPS) is 14.9. The van der Waals surface area contributed by atoms with Gasteiger partial charge in [0.15, 0.2) is 0 Å². The summed E-state index contributed by atoms with van der Waals surface area (Å²) in [6, 6.07) is 2.97. The second-order valence-electron chi connectivity index (χ2n) is 4.16. The lowest BCUT2D eigenvalue weighted by Crippen LogP contribution is -2.12. The van der Waals surface area contributed by atoms with E-state index < -0.39 is 11.8 Å². The summed E-state index contributed by atoms with van der Waals surface area (Å²) in [4.78, 5) is 15.6. The molecule has 0 aliphatic carbocycles. The van der Waals surface area contributed by atoms with Crippen molar-refractivity contribution in [3.8, 4) is 0 Å². The number of halogens is 1. The average molecular weight is 265 g/mol. The van der Waals surface area contributed by atoms with Crippen molar-refractivity contribution in [1.82, 2.24) is 4.98 Å². The van der Waals surface area contributed by atoms with E-state index in [0.29, 0.717) is 18.9 Å². The third-order valence-electron chi connectivity index (χ3n) is 2.83. The Bertz CT molecular complexity index is 499. The first-order valence-corrected chi connectivity index (χ1v) is 6.29. The Morgan fingerprint density at radius 3 is 3.05 bits per heavy atom. The maximum atomic E-state index is 13.6. The van der Waals surface area contributed by atoms with Gasteiger partial charge < -0.3 is 9.47 Å². The average Bonchev–Trinajstić information content (AvgIpc) is 2.42. The zero-order valence-electron chi connectivity index (χ0n) is 10.8. The fourth-order valence-electron chi connectivity index (χ4n) is 1.90. The van der Waals surface area contributed by atoms with Crippen LogP contribution >= 0.6 is 0 Å². The highest BCUT2D eigenvalue weighted by molar-refractivity contribution is 5.72. The van der Waals surface area contributed by atoms with Crippen molar-refractivity contribution in [3.05, 3.63) is 35.4 Å². The third kappa shape index (κ3) is 3.61. The number of pyridine rings is 1. The van der Waals surface area contributed by atoms with E-state index in [1.165, 1.54) is 6.07 Å². The Morgan fingerprint density at radius 1 is 1.53 bits per heavy atom. The molecule has 0 aromatic carbocycles. The molecule has 19 heavy (non-hydrogen) atoms. The summed E-state index contributed by atoms with van der Waals surface area (Å²) in [5.41, 5.74) is 1.85. The van der Waals surface area contributed by atoms with Gasteiger partial charge in [0.05, 0.1) is 37.6 Å². The predicted molar refractivity (Wildman–Crippen MR) is 67.9 cm³/mol. The number of hydrogen-bond acceptors (Lipinski definition) is 4. The van der Waals surface area contributed by atoms with Gasteiger partial charge in [0.25, 0.3) is 0 Å². The second-order valence-corrected chi connectivity index (χ2v) is 4.16. The van der Waals surface area contributed by atoms with Crippen molar-refractivity contribution < 1.29 is 18.7 Å². The first kappa shape index (κ1) is 13.7. The van der Waals surface area contributed by atoms with Crippen molar-refractivity contribution in [2.45, 2.75) is 19.8 Å². The highest BCUT2D eigenvalue weighted by Gasteiger charge is 2.14. The summed E-state index contributed by atoms with van der Waals surface area (Å²) < 4.78 is 23.6. The quantitative estimate of drug-likeness (QED) is 0.782. The van der Waals surface area contributed by atoms with E-state index >= 15 is 0 Å². The Morgan fingerprint density at radius 2 is 2.37 bits per heavy atom. The van der Waals surface area contributed by atoms with Gasteiger partial charge in [-0.25, -0.2) is 9.37 Å². The summed E-state index contributed by atoms with van der Waals surface area (Å²) in [6.07, 6.45) is 2.53. The molecule has 0 saturated carbocycles. The van der Waals surface area contributed by atoms with Crippen LogP contribution in [0.2, 0.25) is 0 Å². The number of ether oxygens (including phenoxy) is 2. The number of carbonyl (C=O) groups excluding carboxylic acids is 1. The number of nitrogens with zero attached hydrogens (tertiary/aromatic N) is 1. The van der Waals surface area contributed by atoms with Gasteiger partial charge in [-0.3, -0.25) is 4.79 Å². The minimum Gasteiger partial charge on any atom is -0.466 e. The van der Waals surface area contributed by atoms with Gasteiger partial charge in [-0.1, -0.05) is 6.08 Å². The Hall–Kier alpha value is -1.75. The minimum atomic E-state index is -0.482. The van der Waals surface area contributed by atoms with Gasteiger partial charge in [-0.05, 0) is 31.1 Å². The highest BCUT2D eigenvalue weighted by atomic mass is 19.1. The topological polar surface area (TPSA) is 48.4 Å². The van der Waals surface area contributed by atoms with Gasteiger partial charge in [0.1, 0.15) is 5.82 Å². The Labute approximate surface area is 111 Å². The van der Waals surface area contributed by atoms with Gasteiger partial charge >= 0.3 is 5.97 Å². The van der Waals surface area contributed by atoms with Crippen LogP contribution in [-0.2, 0) is 20.7 Å². The molecule has 0 amide bonds.